The molecule has 0 aromatic carbocycles. The number of methoxy groups -OCH3 is 1. The van der Waals surface area contributed by atoms with Crippen molar-refractivity contribution < 1.29 is 14.3 Å². The van der Waals surface area contributed by atoms with Crippen LogP contribution < -0.4 is 5.73 Å². The number of hydrogen-bond acceptors (Lipinski definition) is 4. The maximum Gasteiger partial charge on any atom is 0.315 e. The molecule has 0 aliphatic rings. The highest BCUT2D eigenvalue weighted by molar-refractivity contribution is 8.01. The zero-order valence-corrected chi connectivity index (χ0v) is 7.31. The second-order valence-electron chi connectivity index (χ2n) is 1.93. The molecule has 11 heavy (non-hydrogen) atoms. The van der Waals surface area contributed by atoms with Crippen molar-refractivity contribution in [2.45, 2.75) is 12.2 Å². The molecule has 0 bridgehead atoms. The largest absolute Gasteiger partial charge is 0.468 e. The van der Waals surface area contributed by atoms with Gasteiger partial charge in [0.05, 0.1) is 18.1 Å². The molecule has 64 valence electrons. The Balaban J connectivity index is 3.54. The van der Waals surface area contributed by atoms with Crippen LogP contribution in [0.15, 0.2) is 0 Å². The third-order valence-electron chi connectivity index (χ3n) is 1.08. The number of thioether (sulfide) groups is 1. The Kier molecular flexibility index (Phi) is 4.69. The monoisotopic (exact) mass is 177 g/mol. The first kappa shape index (κ1) is 10.3. The van der Waals surface area contributed by atoms with Crippen molar-refractivity contribution in [1.29, 1.82) is 0 Å². The van der Waals surface area contributed by atoms with Gasteiger partial charge in [0.1, 0.15) is 0 Å². The summed E-state index contributed by atoms with van der Waals surface area (Å²) in [5.41, 5.74) is 4.95. The number of carbonyl (C=O) groups excluding carboxylic acids is 2. The van der Waals surface area contributed by atoms with Gasteiger partial charge < -0.3 is 10.5 Å². The van der Waals surface area contributed by atoms with Crippen LogP contribution in [0, 0.1) is 0 Å². The van der Waals surface area contributed by atoms with E-state index in [2.05, 4.69) is 4.74 Å². The number of esters is 1. The highest BCUT2D eigenvalue weighted by Crippen LogP contribution is 2.08. The van der Waals surface area contributed by atoms with Crippen molar-refractivity contribution in [3.63, 3.8) is 0 Å². The molecule has 0 fully saturated rings. The molecule has 0 heterocycles. The third-order valence-corrected chi connectivity index (χ3v) is 2.21. The first-order chi connectivity index (χ1) is 5.07. The molecule has 2 N–H and O–H groups in total. The summed E-state index contributed by atoms with van der Waals surface area (Å²) in [7, 11) is 1.30. The van der Waals surface area contributed by atoms with Gasteiger partial charge in [0.15, 0.2) is 0 Å². The smallest absolute Gasteiger partial charge is 0.315 e. The Labute approximate surface area is 69.5 Å². The van der Waals surface area contributed by atoms with Crippen LogP contribution in [-0.4, -0.2) is 30.0 Å². The summed E-state index contributed by atoms with van der Waals surface area (Å²) >= 11 is 1.17. The molecular weight excluding hydrogens is 166 g/mol. The molecule has 0 saturated heterocycles. The topological polar surface area (TPSA) is 69.4 Å². The molecule has 5 heteroatoms. The Bertz CT molecular complexity index is 160. The number of carbonyl (C=O) groups is 2. The van der Waals surface area contributed by atoms with Crippen LogP contribution in [0.3, 0.4) is 0 Å². The van der Waals surface area contributed by atoms with Gasteiger partial charge in [0, 0.05) is 0 Å². The fourth-order valence-electron chi connectivity index (χ4n) is 0.334. The van der Waals surface area contributed by atoms with E-state index in [1.807, 2.05) is 0 Å². The van der Waals surface area contributed by atoms with Gasteiger partial charge in [-0.2, -0.15) is 0 Å². The van der Waals surface area contributed by atoms with Gasteiger partial charge in [-0.1, -0.05) is 0 Å². The molecule has 0 aromatic rings. The Morgan fingerprint density at radius 2 is 2.18 bits per heavy atom. The Hall–Kier alpha value is -0.710. The summed E-state index contributed by atoms with van der Waals surface area (Å²) in [5.74, 6) is -0.595. The van der Waals surface area contributed by atoms with Crippen LogP contribution in [0.2, 0.25) is 0 Å². The molecule has 0 spiro atoms. The highest BCUT2D eigenvalue weighted by Gasteiger charge is 2.11. The summed E-state index contributed by atoms with van der Waals surface area (Å²) in [6.45, 7) is 1.65. The molecule has 0 aliphatic carbocycles. The number of nitrogens with two attached hydrogens (primary N) is 1. The van der Waals surface area contributed by atoms with Crippen LogP contribution in [0.25, 0.3) is 0 Å². The standard InChI is InChI=1S/C6H11NO3S/c1-4(6(7)9)11-3-5(8)10-2/h4H,3H2,1-2H3,(H2,7,9). The van der Waals surface area contributed by atoms with Crippen molar-refractivity contribution >= 4 is 23.6 Å². The van der Waals surface area contributed by atoms with E-state index in [4.69, 9.17) is 5.73 Å². The predicted octanol–water partition coefficient (Wildman–Crippen LogP) is -0.234. The predicted molar refractivity (Wildman–Crippen MR) is 43.1 cm³/mol. The fourth-order valence-corrected chi connectivity index (χ4v) is 1.00. The van der Waals surface area contributed by atoms with Gasteiger partial charge in [-0.15, -0.1) is 11.8 Å². The van der Waals surface area contributed by atoms with Crippen molar-refractivity contribution in [3.8, 4) is 0 Å². The summed E-state index contributed by atoms with van der Waals surface area (Å²) in [6, 6.07) is 0. The minimum atomic E-state index is -0.418. The van der Waals surface area contributed by atoms with Gasteiger partial charge in [0.25, 0.3) is 0 Å². The van der Waals surface area contributed by atoms with E-state index in [9.17, 15) is 9.59 Å². The molecular formula is C6H11NO3S. The maximum atomic E-state index is 10.5. The van der Waals surface area contributed by atoms with E-state index < -0.39 is 5.91 Å². The number of primary amides is 1. The van der Waals surface area contributed by atoms with Crippen molar-refractivity contribution in [2.75, 3.05) is 12.9 Å². The average Bonchev–Trinajstić information content (AvgIpc) is 1.99. The first-order valence-electron chi connectivity index (χ1n) is 3.05. The summed E-state index contributed by atoms with van der Waals surface area (Å²) < 4.78 is 4.37. The third kappa shape index (κ3) is 4.66. The lowest BCUT2D eigenvalue weighted by molar-refractivity contribution is -0.137. The van der Waals surface area contributed by atoms with E-state index in [0.29, 0.717) is 0 Å². The summed E-state index contributed by atoms with van der Waals surface area (Å²) in [6.07, 6.45) is 0. The average molecular weight is 177 g/mol. The van der Waals surface area contributed by atoms with Crippen LogP contribution in [0.4, 0.5) is 0 Å². The highest BCUT2D eigenvalue weighted by atomic mass is 32.2. The normalized spacial score (nSPS) is 12.2. The zero-order chi connectivity index (χ0) is 8.85. The van der Waals surface area contributed by atoms with Gasteiger partial charge in [-0.25, -0.2) is 0 Å². The quantitative estimate of drug-likeness (QED) is 0.602. The van der Waals surface area contributed by atoms with Crippen molar-refractivity contribution in [2.24, 2.45) is 5.73 Å². The molecule has 0 saturated carbocycles. The lowest BCUT2D eigenvalue weighted by Gasteiger charge is -2.04. The minimum absolute atomic E-state index is 0.167. The Morgan fingerprint density at radius 3 is 2.55 bits per heavy atom. The molecule has 0 radical (unpaired) electrons. The molecule has 1 amide bonds. The maximum absolute atomic E-state index is 10.5. The van der Waals surface area contributed by atoms with E-state index in [-0.39, 0.29) is 17.0 Å². The number of amides is 1. The second kappa shape index (κ2) is 5.01. The SMILES string of the molecule is COC(=O)CSC(C)C(N)=O. The lowest BCUT2D eigenvalue weighted by atomic mass is 10.5. The van der Waals surface area contributed by atoms with Crippen LogP contribution in [0.5, 0.6) is 0 Å². The van der Waals surface area contributed by atoms with Crippen molar-refractivity contribution in [3.05, 3.63) is 0 Å². The molecule has 0 aromatic heterocycles. The van der Waals surface area contributed by atoms with Gasteiger partial charge in [-0.3, -0.25) is 9.59 Å². The van der Waals surface area contributed by atoms with Crippen LogP contribution in [-0.2, 0) is 14.3 Å². The molecule has 0 aliphatic heterocycles. The minimum Gasteiger partial charge on any atom is -0.468 e. The van der Waals surface area contributed by atoms with E-state index in [0.717, 1.165) is 0 Å². The van der Waals surface area contributed by atoms with E-state index in [1.165, 1.54) is 18.9 Å². The summed E-state index contributed by atoms with van der Waals surface area (Å²) in [5, 5.41) is -0.339. The second-order valence-corrected chi connectivity index (χ2v) is 3.26. The van der Waals surface area contributed by atoms with Crippen LogP contribution >= 0.6 is 11.8 Å². The van der Waals surface area contributed by atoms with Gasteiger partial charge in [-0.05, 0) is 6.92 Å². The first-order valence-corrected chi connectivity index (χ1v) is 4.10. The number of ether oxygens (including phenoxy) is 1. The number of rotatable bonds is 4. The zero-order valence-electron chi connectivity index (χ0n) is 6.49. The van der Waals surface area contributed by atoms with E-state index >= 15 is 0 Å². The van der Waals surface area contributed by atoms with E-state index in [1.54, 1.807) is 6.92 Å². The summed E-state index contributed by atoms with van der Waals surface area (Å²) in [4.78, 5) is 21.0. The Morgan fingerprint density at radius 1 is 1.64 bits per heavy atom. The fraction of sp³-hybridized carbons (Fsp3) is 0.667. The molecule has 4 nitrogen and oxygen atoms in total. The van der Waals surface area contributed by atoms with Gasteiger partial charge >= 0.3 is 5.97 Å². The number of hydrogen-bond donors (Lipinski definition) is 1. The van der Waals surface area contributed by atoms with Crippen molar-refractivity contribution in [1.82, 2.24) is 0 Å². The molecule has 1 unspecified atom stereocenters. The van der Waals surface area contributed by atoms with Gasteiger partial charge in [0.2, 0.25) is 5.91 Å². The van der Waals surface area contributed by atoms with Crippen LogP contribution in [0.1, 0.15) is 6.92 Å². The molecule has 1 atom stereocenters. The molecule has 0 rings (SSSR count). The lowest BCUT2D eigenvalue weighted by Crippen LogP contribution is -2.24.